The van der Waals surface area contributed by atoms with Crippen LogP contribution in [0.3, 0.4) is 0 Å². The molecule has 0 bridgehead atoms. The Morgan fingerprint density at radius 3 is 1.86 bits per heavy atom. The van der Waals surface area contributed by atoms with Crippen LogP contribution >= 0.6 is 63.7 Å². The van der Waals surface area contributed by atoms with Crippen molar-refractivity contribution in [2.75, 3.05) is 13.2 Å². The molecule has 22 heavy (non-hydrogen) atoms. The third-order valence-corrected chi connectivity index (χ3v) is 7.68. The number of rotatable bonds is 4. The van der Waals surface area contributed by atoms with Crippen molar-refractivity contribution in [3.63, 3.8) is 0 Å². The Morgan fingerprint density at radius 2 is 1.45 bits per heavy atom. The third-order valence-electron chi connectivity index (χ3n) is 2.91. The van der Waals surface area contributed by atoms with Gasteiger partial charge < -0.3 is 4.74 Å². The maximum Gasteiger partial charge on any atom is 0.330 e. The number of ether oxygens (including phenoxy) is 1. The van der Waals surface area contributed by atoms with Crippen LogP contribution in [0.5, 0.6) is 0 Å². The van der Waals surface area contributed by atoms with Gasteiger partial charge in [-0.05, 0) is 63.7 Å². The first kappa shape index (κ1) is 17.8. The highest BCUT2D eigenvalue weighted by Gasteiger charge is 2.40. The average Bonchev–Trinajstić information content (AvgIpc) is 2.75. The molecule has 116 valence electrons. The maximum absolute atomic E-state index is 12.4. The van der Waals surface area contributed by atoms with Gasteiger partial charge in [-0.3, -0.25) is 14.5 Å². The zero-order chi connectivity index (χ0) is 16.6. The SMILES string of the molecule is C=CC(=O)OCCN1C(=O)c2c(Br)c(Br)c(Br)c(Br)c2C1=O. The van der Waals surface area contributed by atoms with Gasteiger partial charge in [0.05, 0.1) is 17.7 Å². The zero-order valence-electron chi connectivity index (χ0n) is 10.8. The van der Waals surface area contributed by atoms with Crippen LogP contribution in [0, 0.1) is 0 Å². The average molecular weight is 561 g/mol. The number of fused-ring (bicyclic) bond motifs is 1. The molecule has 0 unspecified atom stereocenters. The van der Waals surface area contributed by atoms with Crippen LogP contribution in [0.4, 0.5) is 0 Å². The number of hydrogen-bond acceptors (Lipinski definition) is 4. The number of halogens is 4. The normalized spacial score (nSPS) is 13.4. The van der Waals surface area contributed by atoms with Crippen LogP contribution in [-0.2, 0) is 9.53 Å². The molecule has 0 radical (unpaired) electrons. The number of esters is 1. The summed E-state index contributed by atoms with van der Waals surface area (Å²) >= 11 is 13.3. The number of carbonyl (C=O) groups excluding carboxylic acids is 3. The van der Waals surface area contributed by atoms with E-state index in [0.29, 0.717) is 17.9 Å². The third kappa shape index (κ3) is 2.95. The second-order valence-electron chi connectivity index (χ2n) is 4.14. The van der Waals surface area contributed by atoms with Crippen LogP contribution in [0.25, 0.3) is 0 Å². The van der Waals surface area contributed by atoms with Gasteiger partial charge in [0.1, 0.15) is 6.61 Å². The Kier molecular flexibility index (Phi) is 5.63. The molecule has 1 aliphatic rings. The van der Waals surface area contributed by atoms with Crippen LogP contribution < -0.4 is 0 Å². The number of imide groups is 1. The first-order chi connectivity index (χ1) is 10.3. The minimum absolute atomic E-state index is 0.0277. The van der Waals surface area contributed by atoms with E-state index in [2.05, 4.69) is 70.3 Å². The van der Waals surface area contributed by atoms with E-state index in [9.17, 15) is 14.4 Å². The van der Waals surface area contributed by atoms with Gasteiger partial charge in [-0.25, -0.2) is 4.79 Å². The lowest BCUT2D eigenvalue weighted by Gasteiger charge is -2.13. The summed E-state index contributed by atoms with van der Waals surface area (Å²) in [6.07, 6.45) is 1.02. The van der Waals surface area contributed by atoms with Crippen molar-refractivity contribution in [2.45, 2.75) is 0 Å². The van der Waals surface area contributed by atoms with Crippen molar-refractivity contribution < 1.29 is 19.1 Å². The fourth-order valence-corrected chi connectivity index (χ4v) is 4.35. The molecule has 5 nitrogen and oxygen atoms in total. The summed E-state index contributed by atoms with van der Waals surface area (Å²) in [7, 11) is 0. The van der Waals surface area contributed by atoms with E-state index in [0.717, 1.165) is 11.0 Å². The van der Waals surface area contributed by atoms with Crippen molar-refractivity contribution in [1.82, 2.24) is 4.90 Å². The van der Waals surface area contributed by atoms with E-state index in [1.54, 1.807) is 0 Å². The molecule has 2 amide bonds. The largest absolute Gasteiger partial charge is 0.461 e. The number of nitrogens with zero attached hydrogens (tertiary/aromatic N) is 1. The molecular weight excluding hydrogens is 554 g/mol. The molecule has 0 fully saturated rings. The Morgan fingerprint density at radius 1 is 1.00 bits per heavy atom. The number of hydrogen-bond donors (Lipinski definition) is 0. The molecule has 1 heterocycles. The molecule has 0 aliphatic carbocycles. The summed E-state index contributed by atoms with van der Waals surface area (Å²) in [6.45, 7) is 3.15. The molecule has 9 heteroatoms. The van der Waals surface area contributed by atoms with E-state index >= 15 is 0 Å². The van der Waals surface area contributed by atoms with Crippen molar-refractivity contribution in [3.05, 3.63) is 41.7 Å². The maximum atomic E-state index is 12.4. The molecule has 0 aromatic heterocycles. The van der Waals surface area contributed by atoms with Gasteiger partial charge >= 0.3 is 5.97 Å². The molecule has 1 aromatic carbocycles. The van der Waals surface area contributed by atoms with E-state index in [1.807, 2.05) is 0 Å². The van der Waals surface area contributed by atoms with Crippen LogP contribution in [0.1, 0.15) is 20.7 Å². The first-order valence-electron chi connectivity index (χ1n) is 5.82. The second-order valence-corrected chi connectivity index (χ2v) is 7.31. The summed E-state index contributed by atoms with van der Waals surface area (Å²) < 4.78 is 7.04. The summed E-state index contributed by atoms with van der Waals surface area (Å²) in [4.78, 5) is 36.9. The van der Waals surface area contributed by atoms with E-state index in [4.69, 9.17) is 4.74 Å². The molecule has 0 saturated heterocycles. The van der Waals surface area contributed by atoms with Gasteiger partial charge in [0.15, 0.2) is 0 Å². The number of amides is 2. The lowest BCUT2D eigenvalue weighted by atomic mass is 10.1. The molecule has 0 spiro atoms. The molecule has 1 aliphatic heterocycles. The van der Waals surface area contributed by atoms with Crippen molar-refractivity contribution in [3.8, 4) is 0 Å². The van der Waals surface area contributed by atoms with Gasteiger partial charge in [-0.1, -0.05) is 6.58 Å². The summed E-state index contributed by atoms with van der Waals surface area (Å²) in [6, 6.07) is 0. The summed E-state index contributed by atoms with van der Waals surface area (Å²) in [5.41, 5.74) is 0.531. The fraction of sp³-hybridized carbons (Fsp3) is 0.154. The second kappa shape index (κ2) is 6.94. The smallest absolute Gasteiger partial charge is 0.330 e. The van der Waals surface area contributed by atoms with Crippen molar-refractivity contribution >= 4 is 81.5 Å². The predicted molar refractivity (Wildman–Crippen MR) is 93.8 cm³/mol. The molecule has 0 saturated carbocycles. The van der Waals surface area contributed by atoms with Crippen molar-refractivity contribution in [1.29, 1.82) is 0 Å². The van der Waals surface area contributed by atoms with Crippen LogP contribution in [-0.4, -0.2) is 35.8 Å². The van der Waals surface area contributed by atoms with Gasteiger partial charge in [-0.15, -0.1) is 0 Å². The Bertz CT molecular complexity index is 670. The monoisotopic (exact) mass is 557 g/mol. The van der Waals surface area contributed by atoms with Gasteiger partial charge in [0.2, 0.25) is 0 Å². The van der Waals surface area contributed by atoms with Gasteiger partial charge in [0, 0.05) is 24.0 Å². The molecule has 2 rings (SSSR count). The predicted octanol–water partition coefficient (Wildman–Crippen LogP) is 4.06. The van der Waals surface area contributed by atoms with Crippen molar-refractivity contribution in [2.24, 2.45) is 0 Å². The first-order valence-corrected chi connectivity index (χ1v) is 8.99. The highest BCUT2D eigenvalue weighted by Crippen LogP contribution is 2.45. The minimum atomic E-state index is -0.607. The van der Waals surface area contributed by atoms with Crippen LogP contribution in [0.2, 0.25) is 0 Å². The molecular formula is C13H7Br4NO4. The highest BCUT2D eigenvalue weighted by atomic mass is 79.9. The quantitative estimate of drug-likeness (QED) is 0.183. The summed E-state index contributed by atoms with van der Waals surface area (Å²) in [5, 5.41) is 0. The molecule has 1 aromatic rings. The Labute approximate surface area is 159 Å². The number of benzene rings is 1. The van der Waals surface area contributed by atoms with Gasteiger partial charge in [0.25, 0.3) is 11.8 Å². The highest BCUT2D eigenvalue weighted by molar-refractivity contribution is 9.15. The molecule has 0 atom stereocenters. The Balaban J connectivity index is 2.34. The number of carbonyl (C=O) groups is 3. The molecule has 0 N–H and O–H groups in total. The van der Waals surface area contributed by atoms with E-state index in [1.165, 1.54) is 0 Å². The fourth-order valence-electron chi connectivity index (χ4n) is 1.90. The minimum Gasteiger partial charge on any atom is -0.461 e. The standard InChI is InChI=1S/C13H7Br4NO4/c1-2-5(19)22-4-3-18-12(20)6-7(13(18)21)9(15)11(17)10(16)8(6)14/h2H,1,3-4H2. The Hall–Kier alpha value is -0.510. The topological polar surface area (TPSA) is 63.7 Å². The lowest BCUT2D eigenvalue weighted by Crippen LogP contribution is -2.33. The summed E-state index contributed by atoms with van der Waals surface area (Å²) in [5.74, 6) is -1.50. The zero-order valence-corrected chi connectivity index (χ0v) is 17.1. The van der Waals surface area contributed by atoms with E-state index < -0.39 is 17.8 Å². The lowest BCUT2D eigenvalue weighted by molar-refractivity contribution is -0.137. The van der Waals surface area contributed by atoms with E-state index in [-0.39, 0.29) is 24.3 Å². The van der Waals surface area contributed by atoms with Gasteiger partial charge in [-0.2, -0.15) is 0 Å². The van der Waals surface area contributed by atoms with Crippen LogP contribution in [0.15, 0.2) is 30.5 Å².